The maximum Gasteiger partial charge on any atom is 0.410 e. The number of ether oxygens (including phenoxy) is 1. The molecule has 0 aromatic rings. The Kier molecular flexibility index (Phi) is 7.29. The maximum atomic E-state index is 13.1. The molecule has 0 aromatic carbocycles. The lowest BCUT2D eigenvalue weighted by Crippen LogP contribution is -2.49. The minimum absolute atomic E-state index is 0.0859. The van der Waals surface area contributed by atoms with Gasteiger partial charge in [0.15, 0.2) is 0 Å². The van der Waals surface area contributed by atoms with Crippen molar-refractivity contribution >= 4 is 12.0 Å². The largest absolute Gasteiger partial charge is 0.444 e. The van der Waals surface area contributed by atoms with E-state index in [4.69, 9.17) is 4.74 Å². The molecule has 1 atom stereocenters. The summed E-state index contributed by atoms with van der Waals surface area (Å²) in [7, 11) is 4.16. The van der Waals surface area contributed by atoms with E-state index in [2.05, 4.69) is 23.9 Å². The number of carbonyl (C=O) groups excluding carboxylic acids is 2. The van der Waals surface area contributed by atoms with Gasteiger partial charge in [-0.05, 0) is 60.7 Å². The van der Waals surface area contributed by atoms with Crippen molar-refractivity contribution in [2.45, 2.75) is 51.7 Å². The summed E-state index contributed by atoms with van der Waals surface area (Å²) in [4.78, 5) is 33.7. The van der Waals surface area contributed by atoms with Crippen LogP contribution in [0, 0.1) is 0 Å². The summed E-state index contributed by atoms with van der Waals surface area (Å²) in [5, 5.41) is 0. The van der Waals surface area contributed by atoms with Gasteiger partial charge in [-0.2, -0.15) is 0 Å². The first kappa shape index (κ1) is 21.0. The highest BCUT2D eigenvalue weighted by Gasteiger charge is 2.38. The van der Waals surface area contributed by atoms with Gasteiger partial charge in [0, 0.05) is 39.3 Å². The highest BCUT2D eigenvalue weighted by Crippen LogP contribution is 2.23. The van der Waals surface area contributed by atoms with Crippen LogP contribution in [-0.4, -0.2) is 103 Å². The van der Waals surface area contributed by atoms with Gasteiger partial charge >= 0.3 is 6.09 Å². The molecule has 0 saturated carbocycles. The van der Waals surface area contributed by atoms with Crippen molar-refractivity contribution in [2.75, 3.05) is 59.9 Å². The predicted octanol–water partition coefficient (Wildman–Crippen LogP) is 1.48. The van der Waals surface area contributed by atoms with E-state index in [1.54, 1.807) is 4.90 Å². The van der Waals surface area contributed by atoms with Crippen molar-refractivity contribution < 1.29 is 14.3 Å². The molecule has 0 N–H and O–H groups in total. The van der Waals surface area contributed by atoms with Crippen LogP contribution in [0.25, 0.3) is 0 Å². The van der Waals surface area contributed by atoms with E-state index in [1.807, 2.05) is 25.7 Å². The van der Waals surface area contributed by atoms with Crippen molar-refractivity contribution in [1.82, 2.24) is 19.6 Å². The van der Waals surface area contributed by atoms with Gasteiger partial charge in [0.2, 0.25) is 5.91 Å². The van der Waals surface area contributed by atoms with E-state index in [0.29, 0.717) is 6.54 Å². The van der Waals surface area contributed by atoms with Gasteiger partial charge < -0.3 is 19.4 Å². The Hall–Kier alpha value is -1.34. The van der Waals surface area contributed by atoms with Gasteiger partial charge in [-0.1, -0.05) is 0 Å². The molecule has 7 nitrogen and oxygen atoms in total. The van der Waals surface area contributed by atoms with Gasteiger partial charge in [0.25, 0.3) is 0 Å². The Morgan fingerprint density at radius 3 is 2.42 bits per heavy atom. The third-order valence-electron chi connectivity index (χ3n) is 4.93. The van der Waals surface area contributed by atoms with Gasteiger partial charge in [-0.3, -0.25) is 9.69 Å². The molecule has 0 aromatic heterocycles. The van der Waals surface area contributed by atoms with Gasteiger partial charge in [0.1, 0.15) is 11.6 Å². The van der Waals surface area contributed by atoms with Crippen molar-refractivity contribution in [3.8, 4) is 0 Å². The second-order valence-corrected chi connectivity index (χ2v) is 8.66. The number of hydrogen-bond acceptors (Lipinski definition) is 5. The Balaban J connectivity index is 1.91. The van der Waals surface area contributed by atoms with Crippen LogP contribution >= 0.6 is 0 Å². The molecule has 0 radical (unpaired) electrons. The summed E-state index contributed by atoms with van der Waals surface area (Å²) in [6.45, 7) is 11.7. The predicted molar refractivity (Wildman–Crippen MR) is 102 cm³/mol. The molecular weight excluding hydrogens is 332 g/mol. The van der Waals surface area contributed by atoms with Crippen LogP contribution in [0.5, 0.6) is 0 Å². The number of amides is 2. The molecule has 150 valence electrons. The third-order valence-corrected chi connectivity index (χ3v) is 4.93. The molecule has 2 rings (SSSR count). The van der Waals surface area contributed by atoms with E-state index in [0.717, 1.165) is 58.5 Å². The minimum Gasteiger partial charge on any atom is -0.444 e. The molecule has 26 heavy (non-hydrogen) atoms. The smallest absolute Gasteiger partial charge is 0.410 e. The lowest BCUT2D eigenvalue weighted by atomic mass is 10.2. The quantitative estimate of drug-likeness (QED) is 0.752. The second kappa shape index (κ2) is 9.04. The molecule has 2 heterocycles. The molecule has 2 saturated heterocycles. The maximum absolute atomic E-state index is 13.1. The number of rotatable bonds is 4. The van der Waals surface area contributed by atoms with Crippen LogP contribution in [0.3, 0.4) is 0 Å². The zero-order chi connectivity index (χ0) is 19.3. The fourth-order valence-electron chi connectivity index (χ4n) is 3.53. The number of likely N-dealkylation sites (N-methyl/N-ethyl adjacent to an activating group) is 1. The minimum atomic E-state index is -0.539. The fourth-order valence-corrected chi connectivity index (χ4v) is 3.53. The lowest BCUT2D eigenvalue weighted by Gasteiger charge is -2.31. The first-order chi connectivity index (χ1) is 12.2. The summed E-state index contributed by atoms with van der Waals surface area (Å²) in [6, 6.07) is -0.363. The monoisotopic (exact) mass is 368 g/mol. The Morgan fingerprint density at radius 2 is 1.77 bits per heavy atom. The molecule has 1 unspecified atom stereocenters. The molecule has 0 bridgehead atoms. The lowest BCUT2D eigenvalue weighted by molar-refractivity contribution is -0.135. The number of likely N-dealkylation sites (tertiary alicyclic amines) is 1. The average molecular weight is 369 g/mol. The van der Waals surface area contributed by atoms with Crippen molar-refractivity contribution in [1.29, 1.82) is 0 Å². The summed E-state index contributed by atoms with van der Waals surface area (Å²) >= 11 is 0. The fraction of sp³-hybridized carbons (Fsp3) is 0.895. The third kappa shape index (κ3) is 6.13. The molecule has 0 aliphatic carbocycles. The summed E-state index contributed by atoms with van der Waals surface area (Å²) in [6.07, 6.45) is 2.21. The topological polar surface area (TPSA) is 56.3 Å². The highest BCUT2D eigenvalue weighted by atomic mass is 16.6. The number of carbonyl (C=O) groups is 2. The summed E-state index contributed by atoms with van der Waals surface area (Å²) < 4.78 is 5.49. The van der Waals surface area contributed by atoms with E-state index in [1.165, 1.54) is 0 Å². The normalized spacial score (nSPS) is 22.6. The SMILES string of the molecule is CN(C)CCN1CCCN(C(=O)C2CCCN2C(=O)OC(C)(C)C)CC1. The first-order valence-corrected chi connectivity index (χ1v) is 9.83. The van der Waals surface area contributed by atoms with Crippen LogP contribution in [0.4, 0.5) is 4.79 Å². The first-order valence-electron chi connectivity index (χ1n) is 9.83. The van der Waals surface area contributed by atoms with E-state index in [-0.39, 0.29) is 18.0 Å². The van der Waals surface area contributed by atoms with Gasteiger partial charge in [0.05, 0.1) is 0 Å². The van der Waals surface area contributed by atoms with E-state index >= 15 is 0 Å². The van der Waals surface area contributed by atoms with Crippen LogP contribution < -0.4 is 0 Å². The molecule has 2 aliphatic heterocycles. The number of nitrogens with zero attached hydrogens (tertiary/aromatic N) is 4. The van der Waals surface area contributed by atoms with Gasteiger partial charge in [-0.25, -0.2) is 4.79 Å². The average Bonchev–Trinajstić information content (AvgIpc) is 2.90. The molecule has 2 amide bonds. The zero-order valence-corrected chi connectivity index (χ0v) is 17.2. The van der Waals surface area contributed by atoms with Crippen LogP contribution in [0.1, 0.15) is 40.0 Å². The molecular formula is C19H36N4O3. The second-order valence-electron chi connectivity index (χ2n) is 8.66. The van der Waals surface area contributed by atoms with Crippen molar-refractivity contribution in [2.24, 2.45) is 0 Å². The Labute approximate surface area is 158 Å². The zero-order valence-electron chi connectivity index (χ0n) is 17.2. The standard InChI is InChI=1S/C19H36N4O3/c1-19(2,3)26-18(25)23-11-6-8-16(23)17(24)22-10-7-9-21(14-15-22)13-12-20(4)5/h16H,6-15H2,1-5H3. The van der Waals surface area contributed by atoms with Crippen LogP contribution in [0.15, 0.2) is 0 Å². The number of hydrogen-bond donors (Lipinski definition) is 0. The van der Waals surface area contributed by atoms with Crippen LogP contribution in [0.2, 0.25) is 0 Å². The van der Waals surface area contributed by atoms with E-state index in [9.17, 15) is 9.59 Å². The van der Waals surface area contributed by atoms with Crippen LogP contribution in [-0.2, 0) is 9.53 Å². The molecule has 0 spiro atoms. The summed E-state index contributed by atoms with van der Waals surface area (Å²) in [5.41, 5.74) is -0.539. The Bertz CT molecular complexity index is 490. The highest BCUT2D eigenvalue weighted by molar-refractivity contribution is 5.86. The van der Waals surface area contributed by atoms with Crippen molar-refractivity contribution in [3.63, 3.8) is 0 Å². The Morgan fingerprint density at radius 1 is 1.04 bits per heavy atom. The molecule has 2 fully saturated rings. The molecule has 2 aliphatic rings. The van der Waals surface area contributed by atoms with Crippen molar-refractivity contribution in [3.05, 3.63) is 0 Å². The summed E-state index contributed by atoms with van der Waals surface area (Å²) in [5.74, 6) is 0.0859. The van der Waals surface area contributed by atoms with Gasteiger partial charge in [-0.15, -0.1) is 0 Å². The van der Waals surface area contributed by atoms with E-state index < -0.39 is 5.60 Å². The molecule has 7 heteroatoms.